The van der Waals surface area contributed by atoms with Crippen molar-refractivity contribution in [2.24, 2.45) is 6.98 Å². The van der Waals surface area contributed by atoms with Gasteiger partial charge in [-0.2, -0.15) is 0 Å². The Morgan fingerprint density at radius 2 is 2.35 bits per heavy atom. The summed E-state index contributed by atoms with van der Waals surface area (Å²) in [5.74, 6) is 0. The lowest BCUT2D eigenvalue weighted by atomic mass is 10.2. The number of rotatable bonds is 5. The van der Waals surface area contributed by atoms with Gasteiger partial charge in [0.15, 0.2) is 0 Å². The molecule has 6 nitrogen and oxygen atoms in total. The molecule has 0 aliphatic carbocycles. The zero-order valence-electron chi connectivity index (χ0n) is 19.9. The molecule has 0 aromatic carbocycles. The number of aryl methyl sites for hydroxylation is 2. The number of nitrogens with zero attached hydrogens (tertiary/aromatic N) is 2. The monoisotopic (exact) mass is 288 g/mol. The zero-order valence-corrected chi connectivity index (χ0v) is 10.9. The number of H-pyrrole nitrogens is 1. The number of aliphatic hydroxyl groups is 1. The van der Waals surface area contributed by atoms with Gasteiger partial charge in [0.1, 0.15) is 5.65 Å². The number of nitrogens with one attached hydrogen (secondary N) is 1. The molecule has 2 heterocycles. The minimum absolute atomic E-state index is 0.0109. The fraction of sp³-hybridized carbons (Fsp3) is 0.571. The van der Waals surface area contributed by atoms with Crippen molar-refractivity contribution in [1.29, 1.82) is 0 Å². The highest BCUT2D eigenvalue weighted by atomic mass is 16.3. The molecule has 2 aromatic heterocycles. The Bertz CT molecular complexity index is 1030. The number of aromatic nitrogens is 3. The second kappa shape index (κ2) is 5.66. The van der Waals surface area contributed by atoms with Crippen LogP contribution in [0.15, 0.2) is 15.8 Å². The van der Waals surface area contributed by atoms with Gasteiger partial charge in [0.05, 0.1) is 12.8 Å². The van der Waals surface area contributed by atoms with Crippen LogP contribution in [0.25, 0.3) is 11.0 Å². The smallest absolute Gasteiger partial charge is 0.332 e. The van der Waals surface area contributed by atoms with Gasteiger partial charge < -0.3 is 10.1 Å². The molecule has 0 bridgehead atoms. The molecule has 0 aliphatic heterocycles. The summed E-state index contributed by atoms with van der Waals surface area (Å²) >= 11 is 0. The van der Waals surface area contributed by atoms with Crippen LogP contribution in [0.3, 0.4) is 0 Å². The third kappa shape index (κ3) is 2.56. The van der Waals surface area contributed by atoms with Crippen LogP contribution in [-0.2, 0) is 13.5 Å². The van der Waals surface area contributed by atoms with Gasteiger partial charge in [-0.25, -0.2) is 4.79 Å². The van der Waals surface area contributed by atoms with Crippen molar-refractivity contribution in [3.05, 3.63) is 32.6 Å². The van der Waals surface area contributed by atoms with E-state index >= 15 is 0 Å². The van der Waals surface area contributed by atoms with E-state index in [0.717, 1.165) is 0 Å². The largest absolute Gasteiger partial charge is 0.393 e. The first-order valence-corrected chi connectivity index (χ1v) is 6.00. The highest BCUT2D eigenvalue weighted by Crippen LogP contribution is 2.10. The molecule has 2 rings (SSSR count). The average Bonchev–Trinajstić information content (AvgIpc) is 2.89. The number of hydrogen-bond donors (Lipinski definition) is 2. The van der Waals surface area contributed by atoms with E-state index in [4.69, 9.17) is 12.3 Å². The number of fused-ring (bicyclic) bond motifs is 1. The summed E-state index contributed by atoms with van der Waals surface area (Å²) in [6.07, 6.45) is -5.85. The van der Waals surface area contributed by atoms with Crippen LogP contribution < -0.4 is 11.2 Å². The van der Waals surface area contributed by atoms with Crippen molar-refractivity contribution < 1.29 is 17.4 Å². The maximum Gasteiger partial charge on any atom is 0.332 e. The van der Waals surface area contributed by atoms with Gasteiger partial charge in [-0.3, -0.25) is 13.9 Å². The lowest BCUT2D eigenvalue weighted by molar-refractivity contribution is 0.180. The topological polar surface area (TPSA) is 80.0 Å². The molecule has 2 N–H and O–H groups in total. The fourth-order valence-corrected chi connectivity index (χ4v) is 2.03. The normalized spacial score (nSPS) is 23.2. The molecule has 0 aliphatic rings. The Morgan fingerprint density at radius 3 is 3.05 bits per heavy atom. The predicted octanol–water partition coefficient (Wildman–Crippen LogP) is 0.888. The molecule has 0 saturated carbocycles. The molecule has 110 valence electrons. The summed E-state index contributed by atoms with van der Waals surface area (Å²) < 4.78 is 68.2. The van der Waals surface area contributed by atoms with Gasteiger partial charge in [0.25, 0.3) is 5.56 Å². The first-order valence-electron chi connectivity index (χ1n) is 10.5. The Hall–Kier alpha value is -1.82. The highest BCUT2D eigenvalue weighted by Gasteiger charge is 2.13. The van der Waals surface area contributed by atoms with Crippen molar-refractivity contribution in [1.82, 2.24) is 14.1 Å². The second-order valence-corrected chi connectivity index (χ2v) is 4.40. The molecule has 0 spiro atoms. The van der Waals surface area contributed by atoms with E-state index in [1.54, 1.807) is 6.92 Å². The van der Waals surface area contributed by atoms with Crippen LogP contribution in [0, 0.1) is 6.92 Å². The van der Waals surface area contributed by atoms with Gasteiger partial charge in [0, 0.05) is 30.7 Å². The number of hydrogen-bond acceptors (Lipinski definition) is 3. The third-order valence-corrected chi connectivity index (χ3v) is 3.01. The fourth-order valence-electron chi connectivity index (χ4n) is 2.03. The van der Waals surface area contributed by atoms with Crippen molar-refractivity contribution >= 4 is 11.0 Å². The standard InChI is InChI=1S/C14H21N3O3/c1-9-8-15-12-11(9)13(19)17(14(20)16(12)3)7-5-4-6-10(2)18/h8,10,15,18H,4-7H2,1-3H3/i2D3,3D3,6D2,10D. The summed E-state index contributed by atoms with van der Waals surface area (Å²) in [5.41, 5.74) is -1.66. The summed E-state index contributed by atoms with van der Waals surface area (Å²) in [6.45, 7) is -5.08. The van der Waals surface area contributed by atoms with Crippen LogP contribution in [0.4, 0.5) is 0 Å². The molecule has 2 aromatic rings. The Kier molecular flexibility index (Phi) is 1.91. The van der Waals surface area contributed by atoms with Crippen LogP contribution in [0.1, 0.15) is 44.0 Å². The maximum absolute atomic E-state index is 12.7. The molecule has 1 unspecified atom stereocenters. The van der Waals surface area contributed by atoms with Gasteiger partial charge >= 0.3 is 5.69 Å². The van der Waals surface area contributed by atoms with Crippen molar-refractivity contribution in [3.63, 3.8) is 0 Å². The second-order valence-electron chi connectivity index (χ2n) is 4.40. The molecule has 20 heavy (non-hydrogen) atoms. The van der Waals surface area contributed by atoms with Crippen LogP contribution in [-0.4, -0.2) is 25.3 Å². The molecule has 0 amide bonds. The molecule has 1 atom stereocenters. The Labute approximate surface area is 129 Å². The van der Waals surface area contributed by atoms with E-state index in [-0.39, 0.29) is 17.5 Å². The molecular weight excluding hydrogens is 258 g/mol. The first kappa shape index (κ1) is 6.76. The molecule has 6 heteroatoms. The van der Waals surface area contributed by atoms with Crippen LogP contribution in [0.5, 0.6) is 0 Å². The maximum atomic E-state index is 12.7. The summed E-state index contributed by atoms with van der Waals surface area (Å²) in [7, 11) is 0. The quantitative estimate of drug-likeness (QED) is 0.857. The van der Waals surface area contributed by atoms with Gasteiger partial charge in [-0.1, -0.05) is 0 Å². The van der Waals surface area contributed by atoms with Crippen molar-refractivity contribution in [2.45, 2.75) is 45.6 Å². The van der Waals surface area contributed by atoms with E-state index < -0.39 is 50.5 Å². The minimum Gasteiger partial charge on any atom is -0.393 e. The van der Waals surface area contributed by atoms with E-state index in [9.17, 15) is 14.7 Å². The van der Waals surface area contributed by atoms with Crippen molar-refractivity contribution in [2.75, 3.05) is 0 Å². The van der Waals surface area contributed by atoms with Gasteiger partial charge in [-0.05, 0) is 38.6 Å². The third-order valence-electron chi connectivity index (χ3n) is 3.01. The van der Waals surface area contributed by atoms with Crippen LogP contribution >= 0.6 is 0 Å². The Morgan fingerprint density at radius 1 is 1.55 bits per heavy atom. The van der Waals surface area contributed by atoms with Crippen LogP contribution in [0.2, 0.25) is 0 Å². The molecule has 0 radical (unpaired) electrons. The van der Waals surface area contributed by atoms with E-state index in [2.05, 4.69) is 4.98 Å². The van der Waals surface area contributed by atoms with E-state index in [0.29, 0.717) is 14.7 Å². The molecule has 0 saturated heterocycles. The van der Waals surface area contributed by atoms with E-state index in [1.165, 1.54) is 6.20 Å². The predicted molar refractivity (Wildman–Crippen MR) is 78.1 cm³/mol. The van der Waals surface area contributed by atoms with Gasteiger partial charge in [0.2, 0.25) is 0 Å². The lowest BCUT2D eigenvalue weighted by Gasteiger charge is -2.09. The number of aromatic amines is 1. The average molecular weight is 288 g/mol. The molecular formula is C14H21N3O3. The Balaban J connectivity index is 2.45. The lowest BCUT2D eigenvalue weighted by Crippen LogP contribution is -2.39. The zero-order chi connectivity index (χ0) is 22.6. The summed E-state index contributed by atoms with van der Waals surface area (Å²) in [6, 6.07) is 0. The molecule has 0 fully saturated rings. The van der Waals surface area contributed by atoms with Crippen molar-refractivity contribution in [3.8, 4) is 0 Å². The van der Waals surface area contributed by atoms with E-state index in [1.807, 2.05) is 0 Å². The van der Waals surface area contributed by atoms with Gasteiger partial charge in [-0.15, -0.1) is 0 Å². The SMILES string of the molecule is [2H]C([2H])([2H])n1c(=O)n(CCCC([2H])([2H])C([2H])(O)C([2H])([2H])[2H])c(=O)c2c(C)c[nH]c21. The minimum atomic E-state index is -3.40. The highest BCUT2D eigenvalue weighted by molar-refractivity contribution is 5.78. The summed E-state index contributed by atoms with van der Waals surface area (Å²) in [4.78, 5) is 27.9. The summed E-state index contributed by atoms with van der Waals surface area (Å²) in [5, 5.41) is 9.79. The first-order chi connectivity index (χ1) is 12.9.